The van der Waals surface area contributed by atoms with Gasteiger partial charge in [0.25, 0.3) is 5.91 Å². The van der Waals surface area contributed by atoms with E-state index in [9.17, 15) is 9.59 Å². The van der Waals surface area contributed by atoms with Gasteiger partial charge >= 0.3 is 5.97 Å². The Morgan fingerprint density at radius 3 is 2.67 bits per heavy atom. The molecule has 1 aromatic carbocycles. The van der Waals surface area contributed by atoms with Crippen LogP contribution >= 0.6 is 11.8 Å². The number of para-hydroxylation sites is 2. The van der Waals surface area contributed by atoms with Gasteiger partial charge in [-0.05, 0) is 39.2 Å². The summed E-state index contributed by atoms with van der Waals surface area (Å²) in [7, 11) is 0. The van der Waals surface area contributed by atoms with Gasteiger partial charge < -0.3 is 14.6 Å². The normalized spacial score (nSPS) is 11.5. The molecule has 0 atom stereocenters. The molecule has 1 amide bonds. The number of nitrogens with one attached hydrogen (secondary N) is 1. The first-order chi connectivity index (χ1) is 11.3. The number of imidazole rings is 1. The predicted octanol–water partition coefficient (Wildman–Crippen LogP) is 2.36. The summed E-state index contributed by atoms with van der Waals surface area (Å²) in [5, 5.41) is 2.76. The van der Waals surface area contributed by atoms with Crippen molar-refractivity contribution in [3.8, 4) is 0 Å². The zero-order valence-electron chi connectivity index (χ0n) is 14.5. The quantitative estimate of drug-likeness (QED) is 0.811. The van der Waals surface area contributed by atoms with Crippen LogP contribution in [0.1, 0.15) is 26.6 Å². The van der Waals surface area contributed by atoms with Crippen LogP contribution in [0.2, 0.25) is 0 Å². The highest BCUT2D eigenvalue weighted by Gasteiger charge is 2.17. The fourth-order valence-corrected chi connectivity index (χ4v) is 2.79. The van der Waals surface area contributed by atoms with Crippen molar-refractivity contribution in [1.29, 1.82) is 0 Å². The highest BCUT2D eigenvalue weighted by Crippen LogP contribution is 2.19. The molecule has 7 heteroatoms. The number of hydrogen-bond acceptors (Lipinski definition) is 5. The molecule has 2 aromatic rings. The Hall–Kier alpha value is -2.02. The summed E-state index contributed by atoms with van der Waals surface area (Å²) in [6.45, 7) is 5.39. The second-order valence-corrected chi connectivity index (χ2v) is 7.36. The molecule has 0 radical (unpaired) electrons. The molecule has 0 spiro atoms. The summed E-state index contributed by atoms with van der Waals surface area (Å²) in [4.78, 5) is 28.4. The van der Waals surface area contributed by atoms with Crippen LogP contribution in [0.4, 0.5) is 0 Å². The Balaban J connectivity index is 2.04. The van der Waals surface area contributed by atoms with Crippen LogP contribution in [0, 0.1) is 0 Å². The lowest BCUT2D eigenvalue weighted by Crippen LogP contribution is -2.42. The molecule has 0 aliphatic carbocycles. The Bertz CT molecular complexity index is 734. The maximum Gasteiger partial charge on any atom is 0.326 e. The van der Waals surface area contributed by atoms with E-state index in [1.54, 1.807) is 11.8 Å². The third-order valence-corrected chi connectivity index (χ3v) is 3.72. The lowest BCUT2D eigenvalue weighted by Gasteiger charge is -2.20. The molecule has 1 aromatic heterocycles. The molecule has 0 aliphatic heterocycles. The molecule has 0 bridgehead atoms. The summed E-state index contributed by atoms with van der Waals surface area (Å²) in [5.74, 6) is 0.756. The van der Waals surface area contributed by atoms with Gasteiger partial charge in [0, 0.05) is 5.54 Å². The number of esters is 1. The number of carbonyl (C=O) groups is 2. The molecule has 0 saturated carbocycles. The van der Waals surface area contributed by atoms with Crippen molar-refractivity contribution >= 4 is 34.7 Å². The number of hydrogen-bond donors (Lipinski definition) is 1. The van der Waals surface area contributed by atoms with Crippen molar-refractivity contribution in [1.82, 2.24) is 14.9 Å². The molecule has 130 valence electrons. The van der Waals surface area contributed by atoms with Gasteiger partial charge in [-0.25, -0.2) is 4.98 Å². The van der Waals surface area contributed by atoms with Crippen LogP contribution in [0.3, 0.4) is 0 Å². The van der Waals surface area contributed by atoms with Crippen LogP contribution in [0.25, 0.3) is 11.0 Å². The number of fused-ring (bicyclic) bond motifs is 1. The third-order valence-electron chi connectivity index (χ3n) is 3.17. The van der Waals surface area contributed by atoms with Crippen LogP contribution in [0.5, 0.6) is 0 Å². The summed E-state index contributed by atoms with van der Waals surface area (Å²) in [6.07, 6.45) is 1.98. The Morgan fingerprint density at radius 1 is 1.29 bits per heavy atom. The van der Waals surface area contributed by atoms with Crippen LogP contribution in [0.15, 0.2) is 24.3 Å². The van der Waals surface area contributed by atoms with Crippen molar-refractivity contribution in [3.05, 3.63) is 30.1 Å². The lowest BCUT2D eigenvalue weighted by molar-refractivity contribution is -0.149. The van der Waals surface area contributed by atoms with Crippen molar-refractivity contribution < 1.29 is 14.3 Å². The largest absolute Gasteiger partial charge is 0.454 e. The Labute approximate surface area is 146 Å². The van der Waals surface area contributed by atoms with E-state index in [0.717, 1.165) is 16.9 Å². The first-order valence-electron chi connectivity index (χ1n) is 7.70. The van der Waals surface area contributed by atoms with Crippen molar-refractivity contribution in [2.24, 2.45) is 0 Å². The standard InChI is InChI=1S/C17H23N3O3S/c1-17(2,3)19-15(21)10-23-16(22)9-20-13-8-6-5-7-12(13)18-14(20)11-24-4/h5-8H,9-11H2,1-4H3,(H,19,21). The van der Waals surface area contributed by atoms with Crippen molar-refractivity contribution in [2.45, 2.75) is 38.6 Å². The minimum atomic E-state index is -0.454. The van der Waals surface area contributed by atoms with E-state index in [-0.39, 0.29) is 24.6 Å². The fourth-order valence-electron chi connectivity index (χ4n) is 2.32. The minimum Gasteiger partial charge on any atom is -0.454 e. The molecule has 2 rings (SSSR count). The summed E-state index contributed by atoms with van der Waals surface area (Å²) < 4.78 is 6.94. The Kier molecular flexibility index (Phi) is 5.88. The molecular weight excluding hydrogens is 326 g/mol. The molecule has 0 fully saturated rings. The molecule has 6 nitrogen and oxygen atoms in total. The highest BCUT2D eigenvalue weighted by molar-refractivity contribution is 7.97. The fraction of sp³-hybridized carbons (Fsp3) is 0.471. The van der Waals surface area contributed by atoms with E-state index < -0.39 is 5.97 Å². The van der Waals surface area contributed by atoms with Crippen LogP contribution in [-0.2, 0) is 26.6 Å². The van der Waals surface area contributed by atoms with E-state index in [0.29, 0.717) is 5.75 Å². The van der Waals surface area contributed by atoms with Crippen LogP contribution in [-0.4, -0.2) is 39.8 Å². The second-order valence-electron chi connectivity index (χ2n) is 6.49. The van der Waals surface area contributed by atoms with E-state index in [4.69, 9.17) is 4.74 Å². The van der Waals surface area contributed by atoms with E-state index >= 15 is 0 Å². The SMILES string of the molecule is CSCc1nc2ccccc2n1CC(=O)OCC(=O)NC(C)(C)C. The van der Waals surface area contributed by atoms with E-state index in [1.165, 1.54) is 0 Å². The van der Waals surface area contributed by atoms with Gasteiger partial charge in [-0.2, -0.15) is 11.8 Å². The third kappa shape index (κ3) is 4.99. The minimum absolute atomic E-state index is 0.0409. The predicted molar refractivity (Wildman–Crippen MR) is 95.8 cm³/mol. The average Bonchev–Trinajstić information content (AvgIpc) is 2.82. The van der Waals surface area contributed by atoms with Gasteiger partial charge in [-0.3, -0.25) is 9.59 Å². The topological polar surface area (TPSA) is 73.2 Å². The summed E-state index contributed by atoms with van der Waals surface area (Å²) in [5.41, 5.74) is 1.38. The molecule has 24 heavy (non-hydrogen) atoms. The summed E-state index contributed by atoms with van der Waals surface area (Å²) in [6, 6.07) is 7.66. The number of nitrogens with zero attached hydrogens (tertiary/aromatic N) is 2. The van der Waals surface area contributed by atoms with Crippen molar-refractivity contribution in [2.75, 3.05) is 12.9 Å². The molecule has 0 aliphatic rings. The first kappa shape index (κ1) is 18.3. The average molecular weight is 349 g/mol. The molecule has 0 saturated heterocycles. The molecule has 0 unspecified atom stereocenters. The number of aromatic nitrogens is 2. The second kappa shape index (κ2) is 7.70. The first-order valence-corrected chi connectivity index (χ1v) is 9.09. The van der Waals surface area contributed by atoms with Crippen molar-refractivity contribution in [3.63, 3.8) is 0 Å². The van der Waals surface area contributed by atoms with E-state index in [2.05, 4.69) is 10.3 Å². The Morgan fingerprint density at radius 2 is 2.00 bits per heavy atom. The molecule has 1 heterocycles. The number of amides is 1. The van der Waals surface area contributed by atoms with Gasteiger partial charge in [0.05, 0.1) is 16.8 Å². The number of ether oxygens (including phenoxy) is 1. The molecule has 1 N–H and O–H groups in total. The van der Waals surface area contributed by atoms with Gasteiger partial charge in [0.15, 0.2) is 6.61 Å². The maximum atomic E-state index is 12.1. The van der Waals surface area contributed by atoms with Crippen LogP contribution < -0.4 is 5.32 Å². The van der Waals surface area contributed by atoms with Gasteiger partial charge in [0.2, 0.25) is 0 Å². The zero-order valence-corrected chi connectivity index (χ0v) is 15.3. The van der Waals surface area contributed by atoms with E-state index in [1.807, 2.05) is 55.9 Å². The number of carbonyl (C=O) groups excluding carboxylic acids is 2. The summed E-state index contributed by atoms with van der Waals surface area (Å²) >= 11 is 1.64. The number of thioether (sulfide) groups is 1. The van der Waals surface area contributed by atoms with Gasteiger partial charge in [0.1, 0.15) is 12.4 Å². The smallest absolute Gasteiger partial charge is 0.326 e. The molecular formula is C17H23N3O3S. The number of rotatable bonds is 6. The number of benzene rings is 1. The highest BCUT2D eigenvalue weighted by atomic mass is 32.2. The zero-order chi connectivity index (χ0) is 17.7. The lowest BCUT2D eigenvalue weighted by atomic mass is 10.1. The maximum absolute atomic E-state index is 12.1. The monoisotopic (exact) mass is 349 g/mol. The van der Waals surface area contributed by atoms with Gasteiger partial charge in [-0.1, -0.05) is 12.1 Å². The van der Waals surface area contributed by atoms with Gasteiger partial charge in [-0.15, -0.1) is 0 Å².